The zero-order valence-electron chi connectivity index (χ0n) is 6.73. The summed E-state index contributed by atoms with van der Waals surface area (Å²) in [5.41, 5.74) is 4.25. The Morgan fingerprint density at radius 2 is 1.80 bits per heavy atom. The van der Waals surface area contributed by atoms with Gasteiger partial charge in [0, 0.05) is 0 Å². The van der Waals surface area contributed by atoms with Gasteiger partial charge in [-0.3, -0.25) is 0 Å². The summed E-state index contributed by atoms with van der Waals surface area (Å²) in [4.78, 5) is 0. The molecule has 2 heteroatoms. The molecular formula is C8H13NTi. The summed E-state index contributed by atoms with van der Waals surface area (Å²) >= 11 is 0. The first kappa shape index (κ1) is 12.7. The summed E-state index contributed by atoms with van der Waals surface area (Å²) in [6.07, 6.45) is 0. The fraction of sp³-hybridized carbons (Fsp3) is 0.375. The predicted octanol–water partition coefficient (Wildman–Crippen LogP) is 3.05. The molecule has 0 saturated heterocycles. The first-order chi connectivity index (χ1) is 3.72. The Bertz CT molecular complexity index is 172. The van der Waals surface area contributed by atoms with Gasteiger partial charge in [0.25, 0.3) is 0 Å². The molecule has 0 saturated carbocycles. The average molecular weight is 171 g/mol. The predicted molar refractivity (Wildman–Crippen MR) is 41.5 cm³/mol. The van der Waals surface area contributed by atoms with Crippen LogP contribution in [0.3, 0.4) is 0 Å². The van der Waals surface area contributed by atoms with Gasteiger partial charge in [0.2, 0.25) is 0 Å². The van der Waals surface area contributed by atoms with Crippen LogP contribution in [0.15, 0.2) is 12.1 Å². The van der Waals surface area contributed by atoms with E-state index >= 15 is 0 Å². The quantitative estimate of drug-likeness (QED) is 0.424. The molecule has 0 bridgehead atoms. The minimum atomic E-state index is 0. The summed E-state index contributed by atoms with van der Waals surface area (Å²) < 4.78 is 0. The van der Waals surface area contributed by atoms with Crippen LogP contribution in [0.25, 0.3) is 6.15 Å². The Balaban J connectivity index is 0. The Morgan fingerprint density at radius 3 is 1.90 bits per heavy atom. The van der Waals surface area contributed by atoms with E-state index < -0.39 is 0 Å². The van der Waals surface area contributed by atoms with E-state index in [1.54, 1.807) is 0 Å². The summed E-state index contributed by atoms with van der Waals surface area (Å²) in [7, 11) is 0. The Labute approximate surface area is 77.7 Å². The summed E-state index contributed by atoms with van der Waals surface area (Å²) in [5.74, 6) is 0. The van der Waals surface area contributed by atoms with Crippen LogP contribution in [-0.4, -0.2) is 0 Å². The molecule has 1 nitrogen and oxygen atoms in total. The van der Waals surface area contributed by atoms with Crippen LogP contribution in [0.5, 0.6) is 0 Å². The second-order valence-electron chi connectivity index (χ2n) is 2.32. The second kappa shape index (κ2) is 4.78. The van der Waals surface area contributed by atoms with Gasteiger partial charge in [-0.2, -0.15) is 22.8 Å². The molecule has 0 spiro atoms. The zero-order valence-corrected chi connectivity index (χ0v) is 8.29. The van der Waals surface area contributed by atoms with Gasteiger partial charge < -0.3 is 6.15 Å². The number of hydrogen-bond acceptors (Lipinski definition) is 0. The van der Waals surface area contributed by atoms with Gasteiger partial charge in [0.05, 0.1) is 0 Å². The number of hydrogen-bond donors (Lipinski definition) is 0. The Hall–Kier alpha value is 0.0243. The summed E-state index contributed by atoms with van der Waals surface area (Å²) in [6, 6.07) is 4.31. The fourth-order valence-corrected chi connectivity index (χ4v) is 0.811. The van der Waals surface area contributed by atoms with E-state index in [4.69, 9.17) is 0 Å². The monoisotopic (exact) mass is 171 g/mol. The molecule has 0 heterocycles. The molecule has 1 rings (SSSR count). The molecule has 0 fully saturated rings. The third-order valence-electron chi connectivity index (χ3n) is 1.77. The van der Waals surface area contributed by atoms with E-state index in [1.807, 2.05) is 0 Å². The topological polar surface area (TPSA) is 33.5 Å². The van der Waals surface area contributed by atoms with Crippen molar-refractivity contribution in [3.63, 3.8) is 0 Å². The van der Waals surface area contributed by atoms with Crippen molar-refractivity contribution in [2.75, 3.05) is 0 Å². The summed E-state index contributed by atoms with van der Waals surface area (Å²) in [6.45, 7) is 6.44. The molecule has 0 atom stereocenters. The molecule has 0 amide bonds. The van der Waals surface area contributed by atoms with Crippen LogP contribution in [0.2, 0.25) is 0 Å². The molecule has 1 aromatic carbocycles. The van der Waals surface area contributed by atoms with Crippen LogP contribution in [-0.2, 0) is 21.7 Å². The molecule has 0 radical (unpaired) electrons. The molecule has 0 unspecified atom stereocenters. The summed E-state index contributed by atoms with van der Waals surface area (Å²) in [5, 5.41) is 0. The van der Waals surface area contributed by atoms with Crippen molar-refractivity contribution in [1.82, 2.24) is 0 Å². The van der Waals surface area contributed by atoms with Crippen molar-refractivity contribution < 1.29 is 21.7 Å². The molecule has 0 aliphatic rings. The van der Waals surface area contributed by atoms with E-state index in [1.165, 1.54) is 16.7 Å². The van der Waals surface area contributed by atoms with Gasteiger partial charge in [-0.25, -0.2) is 6.07 Å². The minimum absolute atomic E-state index is 0. The van der Waals surface area contributed by atoms with Crippen molar-refractivity contribution in [1.29, 1.82) is 0 Å². The van der Waals surface area contributed by atoms with Crippen molar-refractivity contribution in [2.45, 2.75) is 20.8 Å². The third-order valence-corrected chi connectivity index (χ3v) is 1.77. The van der Waals surface area contributed by atoms with Crippen LogP contribution in [0, 0.1) is 20.8 Å². The molecule has 10 heavy (non-hydrogen) atoms. The van der Waals surface area contributed by atoms with Gasteiger partial charge in [-0.05, 0) is 0 Å². The standard InChI is InChI=1S/C8H11.H2N.Ti/c1-6-4-5-7(2)8(6)3;;/h4-5H,1-3H3;1H2;/q2*-1;+2. The molecular weight excluding hydrogens is 158 g/mol. The van der Waals surface area contributed by atoms with Crippen LogP contribution in [0.1, 0.15) is 16.7 Å². The maximum atomic E-state index is 2.16. The van der Waals surface area contributed by atoms with Gasteiger partial charge in [-0.1, -0.05) is 20.8 Å². The molecule has 1 aromatic rings. The van der Waals surface area contributed by atoms with Crippen molar-refractivity contribution in [3.8, 4) is 0 Å². The Morgan fingerprint density at radius 1 is 1.30 bits per heavy atom. The average Bonchev–Trinajstić information content (AvgIpc) is 1.98. The number of aryl methyl sites for hydroxylation is 2. The van der Waals surface area contributed by atoms with E-state index in [9.17, 15) is 0 Å². The van der Waals surface area contributed by atoms with Gasteiger partial charge in [0.1, 0.15) is 0 Å². The first-order valence-electron chi connectivity index (χ1n) is 2.91. The van der Waals surface area contributed by atoms with Crippen molar-refractivity contribution in [3.05, 3.63) is 35.0 Å². The van der Waals surface area contributed by atoms with Gasteiger partial charge in [0.15, 0.2) is 0 Å². The van der Waals surface area contributed by atoms with Crippen LogP contribution in [0.4, 0.5) is 0 Å². The fourth-order valence-electron chi connectivity index (χ4n) is 0.811. The second-order valence-corrected chi connectivity index (χ2v) is 2.32. The van der Waals surface area contributed by atoms with Crippen molar-refractivity contribution in [2.24, 2.45) is 0 Å². The van der Waals surface area contributed by atoms with E-state index in [2.05, 4.69) is 32.9 Å². The molecule has 0 aromatic heterocycles. The SMILES string of the molecule is Cc1cc[c-](C)c1C.[NH2-].[Ti+2]. The minimum Gasteiger partial charge on any atom is -0.693 e. The van der Waals surface area contributed by atoms with E-state index in [0.717, 1.165) is 0 Å². The van der Waals surface area contributed by atoms with Crippen molar-refractivity contribution >= 4 is 0 Å². The van der Waals surface area contributed by atoms with Crippen LogP contribution < -0.4 is 0 Å². The Kier molecular flexibility index (Phi) is 6.06. The largest absolute Gasteiger partial charge is 2.00 e. The smallest absolute Gasteiger partial charge is 0.693 e. The zero-order chi connectivity index (χ0) is 6.15. The maximum absolute atomic E-state index is 2.16. The van der Waals surface area contributed by atoms with E-state index in [-0.39, 0.29) is 27.9 Å². The number of nitrogens with two attached hydrogens (primary N) is 1. The first-order valence-corrected chi connectivity index (χ1v) is 2.91. The van der Waals surface area contributed by atoms with Gasteiger partial charge >= 0.3 is 21.7 Å². The molecule has 0 aliphatic carbocycles. The molecule has 2 N–H and O–H groups in total. The molecule has 0 aliphatic heterocycles. The normalized spacial score (nSPS) is 7.90. The molecule has 54 valence electrons. The van der Waals surface area contributed by atoms with Crippen LogP contribution >= 0.6 is 0 Å². The third kappa shape index (κ3) is 2.33. The maximum Gasteiger partial charge on any atom is 2.00 e. The number of rotatable bonds is 0. The van der Waals surface area contributed by atoms with E-state index in [0.29, 0.717) is 0 Å². The van der Waals surface area contributed by atoms with Gasteiger partial charge in [-0.15, -0.1) is 0 Å².